The van der Waals surface area contributed by atoms with Gasteiger partial charge < -0.3 is 4.74 Å². The van der Waals surface area contributed by atoms with Crippen molar-refractivity contribution in [2.24, 2.45) is 0 Å². The fourth-order valence-electron chi connectivity index (χ4n) is 1.68. The molecule has 0 aliphatic rings. The van der Waals surface area contributed by atoms with Crippen molar-refractivity contribution in [2.45, 2.75) is 4.90 Å². The molecule has 2 aromatic rings. The number of rotatable bonds is 5. The van der Waals surface area contributed by atoms with E-state index in [4.69, 9.17) is 21.6 Å². The van der Waals surface area contributed by atoms with Gasteiger partial charge in [0, 0.05) is 0 Å². The Balaban J connectivity index is 2.01. The third kappa shape index (κ3) is 3.97. The summed E-state index contributed by atoms with van der Waals surface area (Å²) in [6, 6.07) is 14.6. The lowest BCUT2D eigenvalue weighted by Gasteiger charge is -2.08. The van der Waals surface area contributed by atoms with Gasteiger partial charge in [-0.1, -0.05) is 23.7 Å². The van der Waals surface area contributed by atoms with Crippen molar-refractivity contribution < 1.29 is 13.2 Å². The summed E-state index contributed by atoms with van der Waals surface area (Å²) in [5.74, 6) is 0.290. The van der Waals surface area contributed by atoms with Gasteiger partial charge in [-0.2, -0.15) is 5.26 Å². The van der Waals surface area contributed by atoms with E-state index in [0.717, 1.165) is 0 Å². The maximum Gasteiger partial charge on any atom is 0.181 e. The number of nitriles is 1. The minimum absolute atomic E-state index is 0.00602. The van der Waals surface area contributed by atoms with Gasteiger partial charge in [0.15, 0.2) is 9.84 Å². The van der Waals surface area contributed by atoms with Crippen LogP contribution >= 0.6 is 11.6 Å². The highest BCUT2D eigenvalue weighted by Gasteiger charge is 2.14. The highest BCUT2D eigenvalue weighted by atomic mass is 35.5. The van der Waals surface area contributed by atoms with E-state index in [1.54, 1.807) is 24.3 Å². The number of nitrogens with zero attached hydrogens (tertiary/aromatic N) is 1. The van der Waals surface area contributed by atoms with Crippen LogP contribution in [0.3, 0.4) is 0 Å². The van der Waals surface area contributed by atoms with Gasteiger partial charge in [-0.05, 0) is 36.4 Å². The Morgan fingerprint density at radius 1 is 1.10 bits per heavy atom. The quantitative estimate of drug-likeness (QED) is 0.848. The van der Waals surface area contributed by atoms with Crippen LogP contribution in [-0.2, 0) is 9.84 Å². The smallest absolute Gasteiger partial charge is 0.181 e. The van der Waals surface area contributed by atoms with E-state index < -0.39 is 9.84 Å². The van der Waals surface area contributed by atoms with E-state index in [1.807, 2.05) is 6.07 Å². The summed E-state index contributed by atoms with van der Waals surface area (Å²) in [4.78, 5) is 0.171. The lowest BCUT2D eigenvalue weighted by atomic mass is 10.2. The van der Waals surface area contributed by atoms with Crippen LogP contribution in [0.1, 0.15) is 5.56 Å². The van der Waals surface area contributed by atoms with E-state index in [-0.39, 0.29) is 17.3 Å². The third-order valence-corrected chi connectivity index (χ3v) is 4.80. The number of hydrogen-bond donors (Lipinski definition) is 0. The third-order valence-electron chi connectivity index (χ3n) is 2.79. The van der Waals surface area contributed by atoms with Gasteiger partial charge in [0.05, 0.1) is 27.3 Å². The molecule has 0 N–H and O–H groups in total. The van der Waals surface area contributed by atoms with Crippen LogP contribution in [0.4, 0.5) is 0 Å². The summed E-state index contributed by atoms with van der Waals surface area (Å²) in [7, 11) is -3.45. The van der Waals surface area contributed by atoms with E-state index in [9.17, 15) is 8.42 Å². The Hall–Kier alpha value is -2.03. The van der Waals surface area contributed by atoms with Gasteiger partial charge in [-0.25, -0.2) is 8.42 Å². The molecule has 0 heterocycles. The van der Waals surface area contributed by atoms with Crippen molar-refractivity contribution in [3.05, 3.63) is 59.1 Å². The first kappa shape index (κ1) is 15.4. The molecule has 0 aliphatic heterocycles. The molecule has 0 saturated carbocycles. The van der Waals surface area contributed by atoms with Crippen LogP contribution in [0.25, 0.3) is 0 Å². The number of sulfone groups is 1. The van der Waals surface area contributed by atoms with E-state index in [0.29, 0.717) is 16.3 Å². The monoisotopic (exact) mass is 321 g/mol. The average Bonchev–Trinajstić information content (AvgIpc) is 2.49. The first-order valence-corrected chi connectivity index (χ1v) is 8.16. The normalized spacial score (nSPS) is 10.9. The van der Waals surface area contributed by atoms with Crippen LogP contribution in [0.2, 0.25) is 5.02 Å². The number of halogens is 1. The molecule has 21 heavy (non-hydrogen) atoms. The molecule has 0 fully saturated rings. The summed E-state index contributed by atoms with van der Waals surface area (Å²) in [6.45, 7) is 0.00602. The Morgan fingerprint density at radius 3 is 2.38 bits per heavy atom. The van der Waals surface area contributed by atoms with E-state index in [2.05, 4.69) is 0 Å². The standard InChI is InChI=1S/C15H12ClNO3S/c16-14-3-1-2-4-15(14)20-9-10-21(18,19)13-7-5-12(11-17)6-8-13/h1-8H,9-10H2. The maximum absolute atomic E-state index is 12.1. The van der Waals surface area contributed by atoms with Crippen molar-refractivity contribution in [3.8, 4) is 11.8 Å². The highest BCUT2D eigenvalue weighted by Crippen LogP contribution is 2.23. The lowest BCUT2D eigenvalue weighted by molar-refractivity contribution is 0.341. The number of benzene rings is 2. The fraction of sp³-hybridized carbons (Fsp3) is 0.133. The second-order valence-corrected chi connectivity index (χ2v) is 6.75. The van der Waals surface area contributed by atoms with Gasteiger partial charge >= 0.3 is 0 Å². The maximum atomic E-state index is 12.1. The number of para-hydroxylation sites is 1. The van der Waals surface area contributed by atoms with Crippen molar-refractivity contribution >= 4 is 21.4 Å². The molecule has 0 aromatic heterocycles. The largest absolute Gasteiger partial charge is 0.491 e. The van der Waals surface area contributed by atoms with Gasteiger partial charge in [0.2, 0.25) is 0 Å². The second kappa shape index (κ2) is 6.61. The number of hydrogen-bond acceptors (Lipinski definition) is 4. The summed E-state index contributed by atoms with van der Waals surface area (Å²) in [6.07, 6.45) is 0. The highest BCUT2D eigenvalue weighted by molar-refractivity contribution is 7.91. The number of ether oxygens (including phenoxy) is 1. The fourth-order valence-corrected chi connectivity index (χ4v) is 2.96. The first-order chi connectivity index (χ1) is 10.0. The van der Waals surface area contributed by atoms with Gasteiger partial charge in [0.25, 0.3) is 0 Å². The summed E-state index contributed by atoms with van der Waals surface area (Å²) >= 11 is 5.92. The summed E-state index contributed by atoms with van der Waals surface area (Å²) in [5.41, 5.74) is 0.418. The SMILES string of the molecule is N#Cc1ccc(S(=O)(=O)CCOc2ccccc2Cl)cc1. The molecule has 0 saturated heterocycles. The first-order valence-electron chi connectivity index (χ1n) is 6.13. The molecular weight excluding hydrogens is 310 g/mol. The second-order valence-electron chi connectivity index (χ2n) is 4.23. The van der Waals surface area contributed by atoms with Gasteiger partial charge in [-0.15, -0.1) is 0 Å². The lowest BCUT2D eigenvalue weighted by Crippen LogP contribution is -2.14. The van der Waals surface area contributed by atoms with Crippen LogP contribution in [0.15, 0.2) is 53.4 Å². The Bertz CT molecular complexity index is 764. The van der Waals surface area contributed by atoms with Crippen LogP contribution < -0.4 is 4.74 Å². The van der Waals surface area contributed by atoms with Crippen LogP contribution in [-0.4, -0.2) is 20.8 Å². The Kier molecular flexibility index (Phi) is 4.84. The molecular formula is C15H12ClNO3S. The molecule has 6 heteroatoms. The zero-order valence-corrected chi connectivity index (χ0v) is 12.6. The molecule has 0 unspecified atom stereocenters. The molecule has 4 nitrogen and oxygen atoms in total. The van der Waals surface area contributed by atoms with Gasteiger partial charge in [0.1, 0.15) is 12.4 Å². The van der Waals surface area contributed by atoms with Crippen LogP contribution in [0, 0.1) is 11.3 Å². The predicted molar refractivity (Wildman–Crippen MR) is 80.2 cm³/mol. The zero-order chi connectivity index (χ0) is 15.3. The van der Waals surface area contributed by atoms with Crippen molar-refractivity contribution in [3.63, 3.8) is 0 Å². The van der Waals surface area contributed by atoms with E-state index >= 15 is 0 Å². The molecule has 0 atom stereocenters. The van der Waals surface area contributed by atoms with Crippen molar-refractivity contribution in [1.82, 2.24) is 0 Å². The van der Waals surface area contributed by atoms with Crippen molar-refractivity contribution in [1.29, 1.82) is 5.26 Å². The topological polar surface area (TPSA) is 67.2 Å². The molecule has 0 bridgehead atoms. The molecule has 0 amide bonds. The minimum Gasteiger partial charge on any atom is -0.491 e. The Labute approximate surface area is 128 Å². The molecule has 2 aromatic carbocycles. The summed E-state index contributed by atoms with van der Waals surface area (Å²) < 4.78 is 29.6. The molecule has 0 aliphatic carbocycles. The van der Waals surface area contributed by atoms with Crippen molar-refractivity contribution in [2.75, 3.05) is 12.4 Å². The molecule has 0 spiro atoms. The minimum atomic E-state index is -3.45. The average molecular weight is 322 g/mol. The molecule has 2 rings (SSSR count). The summed E-state index contributed by atoms with van der Waals surface area (Å²) in [5, 5.41) is 9.13. The van der Waals surface area contributed by atoms with E-state index in [1.165, 1.54) is 24.3 Å². The Morgan fingerprint density at radius 2 is 1.76 bits per heavy atom. The molecule has 108 valence electrons. The predicted octanol–water partition coefficient (Wildman–Crippen LogP) is 3.06. The zero-order valence-electron chi connectivity index (χ0n) is 11.0. The molecule has 0 radical (unpaired) electrons. The van der Waals surface area contributed by atoms with Gasteiger partial charge in [-0.3, -0.25) is 0 Å². The van der Waals surface area contributed by atoms with Crippen LogP contribution in [0.5, 0.6) is 5.75 Å².